The van der Waals surface area contributed by atoms with Crippen LogP contribution in [0.25, 0.3) is 0 Å². The lowest BCUT2D eigenvalue weighted by atomic mass is 9.92. The van der Waals surface area contributed by atoms with E-state index in [4.69, 9.17) is 0 Å². The van der Waals surface area contributed by atoms with Crippen LogP contribution in [0, 0.1) is 11.8 Å². The maximum absolute atomic E-state index is 2.68. The molecule has 0 aromatic heterocycles. The van der Waals surface area contributed by atoms with Gasteiger partial charge in [-0.1, -0.05) is 27.7 Å². The minimum Gasteiger partial charge on any atom is -0.300 e. The fourth-order valence-corrected chi connectivity index (χ4v) is 2.65. The molecule has 0 radical (unpaired) electrons. The summed E-state index contributed by atoms with van der Waals surface area (Å²) in [7, 11) is 0. The Morgan fingerprint density at radius 3 is 1.58 bits per heavy atom. The van der Waals surface area contributed by atoms with Crippen molar-refractivity contribution in [2.75, 3.05) is 13.1 Å². The average Bonchev–Trinajstić information content (AvgIpc) is 2.37. The summed E-state index contributed by atoms with van der Waals surface area (Å²) in [5.41, 5.74) is 0. The molecule has 1 fully saturated rings. The van der Waals surface area contributed by atoms with Crippen LogP contribution in [0.4, 0.5) is 0 Å². The quantitative estimate of drug-likeness (QED) is 0.628. The van der Waals surface area contributed by atoms with Gasteiger partial charge in [-0.25, -0.2) is 0 Å². The van der Waals surface area contributed by atoms with Crippen LogP contribution in [0.3, 0.4) is 0 Å². The minimum atomic E-state index is 0.808. The van der Waals surface area contributed by atoms with Crippen molar-refractivity contribution >= 4 is 0 Å². The van der Waals surface area contributed by atoms with Gasteiger partial charge in [-0.15, -0.1) is 0 Å². The molecule has 1 rings (SSSR count). The maximum atomic E-state index is 2.68. The lowest BCUT2D eigenvalue weighted by Crippen LogP contribution is -2.40. The Balaban J connectivity index is 2.52. The van der Waals surface area contributed by atoms with E-state index in [1.54, 1.807) is 0 Å². The average molecular weight is 169 g/mol. The molecule has 0 aromatic carbocycles. The van der Waals surface area contributed by atoms with E-state index >= 15 is 0 Å². The Kier molecular flexibility index (Phi) is 3.57. The number of nitrogens with zero attached hydrogens (tertiary/aromatic N) is 1. The third kappa shape index (κ3) is 2.22. The second-order valence-corrected chi connectivity index (χ2v) is 4.72. The van der Waals surface area contributed by atoms with Gasteiger partial charge in [0.05, 0.1) is 0 Å². The van der Waals surface area contributed by atoms with Crippen molar-refractivity contribution in [1.29, 1.82) is 0 Å². The van der Waals surface area contributed by atoms with Crippen LogP contribution in [0.1, 0.15) is 40.5 Å². The summed E-state index contributed by atoms with van der Waals surface area (Å²) in [5, 5.41) is 0. The van der Waals surface area contributed by atoms with Gasteiger partial charge in [-0.2, -0.15) is 0 Å². The van der Waals surface area contributed by atoms with Crippen LogP contribution in [-0.2, 0) is 0 Å². The third-order valence-corrected chi connectivity index (χ3v) is 2.93. The summed E-state index contributed by atoms with van der Waals surface area (Å²) < 4.78 is 0. The Morgan fingerprint density at radius 1 is 0.833 bits per heavy atom. The molecule has 0 spiro atoms. The van der Waals surface area contributed by atoms with E-state index in [2.05, 4.69) is 32.6 Å². The van der Waals surface area contributed by atoms with Crippen molar-refractivity contribution in [2.45, 2.75) is 46.6 Å². The standard InChI is InChI=1S/C11H23N/c1-9(2)11(10(3)4)12-7-5-6-8-12/h9-11H,5-8H2,1-4H3. The predicted octanol–water partition coefficient (Wildman–Crippen LogP) is 2.76. The molecule has 0 aliphatic carbocycles. The van der Waals surface area contributed by atoms with E-state index in [-0.39, 0.29) is 0 Å². The molecule has 72 valence electrons. The zero-order valence-electron chi connectivity index (χ0n) is 9.01. The fourth-order valence-electron chi connectivity index (χ4n) is 2.65. The smallest absolute Gasteiger partial charge is 0.0141 e. The first-order valence-corrected chi connectivity index (χ1v) is 5.37. The van der Waals surface area contributed by atoms with Gasteiger partial charge in [0, 0.05) is 6.04 Å². The van der Waals surface area contributed by atoms with Gasteiger partial charge in [0.1, 0.15) is 0 Å². The zero-order chi connectivity index (χ0) is 9.14. The monoisotopic (exact) mass is 169 g/mol. The van der Waals surface area contributed by atoms with Crippen LogP contribution in [-0.4, -0.2) is 24.0 Å². The lowest BCUT2D eigenvalue weighted by Gasteiger charge is -2.34. The van der Waals surface area contributed by atoms with E-state index in [1.807, 2.05) is 0 Å². The van der Waals surface area contributed by atoms with Gasteiger partial charge in [0.25, 0.3) is 0 Å². The molecule has 1 aliphatic rings. The molecule has 1 aliphatic heterocycles. The summed E-state index contributed by atoms with van der Waals surface area (Å²) in [6.45, 7) is 12.1. The molecule has 12 heavy (non-hydrogen) atoms. The predicted molar refractivity (Wildman–Crippen MR) is 54.3 cm³/mol. The first kappa shape index (κ1) is 10.0. The molecule has 1 heteroatoms. The Bertz CT molecular complexity index is 115. The van der Waals surface area contributed by atoms with E-state index in [0.717, 1.165) is 17.9 Å². The number of rotatable bonds is 3. The molecule has 1 nitrogen and oxygen atoms in total. The van der Waals surface area contributed by atoms with Crippen molar-refractivity contribution in [3.05, 3.63) is 0 Å². The molecular formula is C11H23N. The largest absolute Gasteiger partial charge is 0.300 e. The summed E-state index contributed by atoms with van der Waals surface area (Å²) in [6, 6.07) is 0.812. The number of hydrogen-bond donors (Lipinski definition) is 0. The van der Waals surface area contributed by atoms with Gasteiger partial charge in [-0.05, 0) is 37.8 Å². The molecular weight excluding hydrogens is 146 g/mol. The van der Waals surface area contributed by atoms with Gasteiger partial charge in [0.15, 0.2) is 0 Å². The Labute approximate surface area is 77.1 Å². The minimum absolute atomic E-state index is 0.808. The fraction of sp³-hybridized carbons (Fsp3) is 1.00. The molecule has 0 N–H and O–H groups in total. The van der Waals surface area contributed by atoms with Crippen molar-refractivity contribution < 1.29 is 0 Å². The van der Waals surface area contributed by atoms with Crippen LogP contribution >= 0.6 is 0 Å². The highest BCUT2D eigenvalue weighted by atomic mass is 15.2. The Morgan fingerprint density at radius 2 is 1.25 bits per heavy atom. The summed E-state index contributed by atoms with van der Waals surface area (Å²) in [6.07, 6.45) is 2.83. The van der Waals surface area contributed by atoms with Crippen molar-refractivity contribution in [3.8, 4) is 0 Å². The highest BCUT2D eigenvalue weighted by Gasteiger charge is 2.26. The van der Waals surface area contributed by atoms with Gasteiger partial charge >= 0.3 is 0 Å². The van der Waals surface area contributed by atoms with Crippen LogP contribution in [0.5, 0.6) is 0 Å². The topological polar surface area (TPSA) is 3.24 Å². The zero-order valence-corrected chi connectivity index (χ0v) is 9.01. The van der Waals surface area contributed by atoms with E-state index in [9.17, 15) is 0 Å². The van der Waals surface area contributed by atoms with E-state index < -0.39 is 0 Å². The van der Waals surface area contributed by atoms with Crippen LogP contribution in [0.2, 0.25) is 0 Å². The van der Waals surface area contributed by atoms with Crippen LogP contribution in [0.15, 0.2) is 0 Å². The lowest BCUT2D eigenvalue weighted by molar-refractivity contribution is 0.144. The normalized spacial score (nSPS) is 20.2. The number of hydrogen-bond acceptors (Lipinski definition) is 1. The van der Waals surface area contributed by atoms with Gasteiger partial charge in [0.2, 0.25) is 0 Å². The highest BCUT2D eigenvalue weighted by molar-refractivity contribution is 4.80. The van der Waals surface area contributed by atoms with E-state index in [1.165, 1.54) is 25.9 Å². The van der Waals surface area contributed by atoms with Gasteiger partial charge < -0.3 is 0 Å². The highest BCUT2D eigenvalue weighted by Crippen LogP contribution is 2.23. The molecule has 0 aromatic rings. The second-order valence-electron chi connectivity index (χ2n) is 4.72. The third-order valence-electron chi connectivity index (χ3n) is 2.93. The van der Waals surface area contributed by atoms with Gasteiger partial charge in [-0.3, -0.25) is 4.90 Å². The van der Waals surface area contributed by atoms with E-state index in [0.29, 0.717) is 0 Å². The molecule has 1 saturated heterocycles. The van der Waals surface area contributed by atoms with Crippen molar-refractivity contribution in [1.82, 2.24) is 4.90 Å². The molecule has 0 bridgehead atoms. The molecule has 0 unspecified atom stereocenters. The van der Waals surface area contributed by atoms with Crippen molar-refractivity contribution in [3.63, 3.8) is 0 Å². The van der Waals surface area contributed by atoms with Crippen LogP contribution < -0.4 is 0 Å². The van der Waals surface area contributed by atoms with Crippen molar-refractivity contribution in [2.24, 2.45) is 11.8 Å². The first-order chi connectivity index (χ1) is 5.63. The number of likely N-dealkylation sites (tertiary alicyclic amines) is 1. The maximum Gasteiger partial charge on any atom is 0.0141 e. The first-order valence-electron chi connectivity index (χ1n) is 5.37. The molecule has 0 atom stereocenters. The SMILES string of the molecule is CC(C)C(C(C)C)N1CCCC1. The summed E-state index contributed by atoms with van der Waals surface area (Å²) >= 11 is 0. The molecule has 1 heterocycles. The second kappa shape index (κ2) is 4.27. The Hall–Kier alpha value is -0.0400. The molecule has 0 amide bonds. The summed E-state index contributed by atoms with van der Waals surface area (Å²) in [4.78, 5) is 2.68. The molecule has 0 saturated carbocycles. The summed E-state index contributed by atoms with van der Waals surface area (Å²) in [5.74, 6) is 1.62.